The van der Waals surface area contributed by atoms with Gasteiger partial charge in [-0.25, -0.2) is 0 Å². The maximum atomic E-state index is 5.56. The Hall–Kier alpha value is -0.540. The molecule has 0 bridgehead atoms. The van der Waals surface area contributed by atoms with E-state index in [-0.39, 0.29) is 0 Å². The van der Waals surface area contributed by atoms with Gasteiger partial charge in [0.25, 0.3) is 0 Å². The molecule has 0 spiro atoms. The number of rotatable bonds is 7. The first-order valence-corrected chi connectivity index (χ1v) is 6.21. The second kappa shape index (κ2) is 7.71. The van der Waals surface area contributed by atoms with Gasteiger partial charge < -0.3 is 10.1 Å². The fourth-order valence-electron chi connectivity index (χ4n) is 1.20. The van der Waals surface area contributed by atoms with E-state index in [1.807, 2.05) is 24.3 Å². The Morgan fingerprint density at radius 1 is 1.20 bits per heavy atom. The summed E-state index contributed by atoms with van der Waals surface area (Å²) in [4.78, 5) is 0. The fourth-order valence-corrected chi connectivity index (χ4v) is 1.46. The van der Waals surface area contributed by atoms with Gasteiger partial charge in [-0.2, -0.15) is 0 Å². The van der Waals surface area contributed by atoms with E-state index < -0.39 is 0 Å². The van der Waals surface area contributed by atoms with Crippen molar-refractivity contribution in [2.75, 3.05) is 19.7 Å². The van der Waals surface area contributed by atoms with Crippen LogP contribution in [0.25, 0.3) is 0 Å². The summed E-state index contributed by atoms with van der Waals surface area (Å²) in [5, 5.41) is 3.33. The predicted molar refractivity (Wildman–Crippen MR) is 67.4 cm³/mol. The van der Waals surface area contributed by atoms with Gasteiger partial charge in [-0.3, -0.25) is 0 Å². The highest BCUT2D eigenvalue weighted by Gasteiger charge is 1.93. The molecule has 0 aliphatic rings. The molecule has 1 aromatic carbocycles. The summed E-state index contributed by atoms with van der Waals surface area (Å²) in [6, 6.07) is 7.91. The van der Waals surface area contributed by atoms with E-state index in [9.17, 15) is 0 Å². The van der Waals surface area contributed by atoms with E-state index in [1.54, 1.807) is 0 Å². The largest absolute Gasteiger partial charge is 0.492 e. The normalized spacial score (nSPS) is 10.3. The van der Waals surface area contributed by atoms with Crippen molar-refractivity contribution in [2.45, 2.75) is 19.8 Å². The van der Waals surface area contributed by atoms with E-state index >= 15 is 0 Å². The smallest absolute Gasteiger partial charge is 0.119 e. The van der Waals surface area contributed by atoms with Gasteiger partial charge in [0.05, 0.1) is 0 Å². The first-order valence-electron chi connectivity index (χ1n) is 5.42. The third-order valence-electron chi connectivity index (χ3n) is 2.07. The van der Waals surface area contributed by atoms with Crippen molar-refractivity contribution >= 4 is 15.9 Å². The summed E-state index contributed by atoms with van der Waals surface area (Å²) in [7, 11) is 0. The lowest BCUT2D eigenvalue weighted by atomic mass is 10.3. The van der Waals surface area contributed by atoms with Crippen LogP contribution in [0.5, 0.6) is 5.75 Å². The van der Waals surface area contributed by atoms with Crippen LogP contribution in [0.15, 0.2) is 28.7 Å². The number of hydrogen-bond donors (Lipinski definition) is 1. The lowest BCUT2D eigenvalue weighted by molar-refractivity contribution is 0.314. The molecule has 0 atom stereocenters. The molecule has 0 aliphatic carbocycles. The van der Waals surface area contributed by atoms with Gasteiger partial charge in [0.1, 0.15) is 12.4 Å². The van der Waals surface area contributed by atoms with E-state index in [1.165, 1.54) is 12.8 Å². The van der Waals surface area contributed by atoms with Gasteiger partial charge >= 0.3 is 0 Å². The number of ether oxygens (including phenoxy) is 1. The van der Waals surface area contributed by atoms with Crippen molar-refractivity contribution < 1.29 is 4.74 Å². The van der Waals surface area contributed by atoms with Crippen molar-refractivity contribution in [3.63, 3.8) is 0 Å². The van der Waals surface area contributed by atoms with Crippen molar-refractivity contribution in [1.82, 2.24) is 5.32 Å². The molecule has 84 valence electrons. The van der Waals surface area contributed by atoms with E-state index in [0.29, 0.717) is 0 Å². The summed E-state index contributed by atoms with van der Waals surface area (Å²) in [6.07, 6.45) is 2.47. The standard InChI is InChI=1S/C12H18BrNO/c1-2-3-8-14-9-10-15-12-6-4-11(13)5-7-12/h4-7,14H,2-3,8-10H2,1H3. The monoisotopic (exact) mass is 271 g/mol. The van der Waals surface area contributed by atoms with E-state index in [4.69, 9.17) is 4.74 Å². The predicted octanol–water partition coefficient (Wildman–Crippen LogP) is 3.22. The number of hydrogen-bond acceptors (Lipinski definition) is 2. The minimum atomic E-state index is 0.728. The van der Waals surface area contributed by atoms with Crippen molar-refractivity contribution in [1.29, 1.82) is 0 Å². The summed E-state index contributed by atoms with van der Waals surface area (Å²) in [5.41, 5.74) is 0. The van der Waals surface area contributed by atoms with Crippen molar-refractivity contribution in [3.8, 4) is 5.75 Å². The topological polar surface area (TPSA) is 21.3 Å². The molecular formula is C12H18BrNO. The van der Waals surface area contributed by atoms with Crippen LogP contribution >= 0.6 is 15.9 Å². The van der Waals surface area contributed by atoms with Crippen LogP contribution < -0.4 is 10.1 Å². The third kappa shape index (κ3) is 5.80. The Kier molecular flexibility index (Phi) is 6.44. The van der Waals surface area contributed by atoms with Crippen molar-refractivity contribution in [2.24, 2.45) is 0 Å². The highest BCUT2D eigenvalue weighted by molar-refractivity contribution is 9.10. The van der Waals surface area contributed by atoms with Crippen LogP contribution in [0.2, 0.25) is 0 Å². The lowest BCUT2D eigenvalue weighted by Crippen LogP contribution is -2.21. The number of halogens is 1. The zero-order valence-corrected chi connectivity index (χ0v) is 10.7. The Balaban J connectivity index is 2.07. The number of nitrogens with one attached hydrogen (secondary N) is 1. The molecule has 0 unspecified atom stereocenters. The Bertz CT molecular complexity index is 261. The minimum absolute atomic E-state index is 0.728. The van der Waals surface area contributed by atoms with E-state index in [0.717, 1.165) is 29.9 Å². The molecule has 0 heterocycles. The maximum absolute atomic E-state index is 5.56. The van der Waals surface area contributed by atoms with Crippen molar-refractivity contribution in [3.05, 3.63) is 28.7 Å². The Morgan fingerprint density at radius 2 is 1.93 bits per heavy atom. The molecule has 0 amide bonds. The molecule has 1 rings (SSSR count). The molecule has 1 N–H and O–H groups in total. The van der Waals surface area contributed by atoms with Crippen LogP contribution in [0.3, 0.4) is 0 Å². The first kappa shape index (κ1) is 12.5. The summed E-state index contributed by atoms with van der Waals surface area (Å²) < 4.78 is 6.64. The zero-order chi connectivity index (χ0) is 10.9. The molecule has 1 aromatic rings. The van der Waals surface area contributed by atoms with Crippen LogP contribution in [-0.4, -0.2) is 19.7 Å². The number of benzene rings is 1. The number of unbranched alkanes of at least 4 members (excludes halogenated alkanes) is 1. The highest BCUT2D eigenvalue weighted by atomic mass is 79.9. The second-order valence-electron chi connectivity index (χ2n) is 3.41. The van der Waals surface area contributed by atoms with Crippen LogP contribution in [0, 0.1) is 0 Å². The molecule has 3 heteroatoms. The van der Waals surface area contributed by atoms with Gasteiger partial charge in [-0.05, 0) is 37.2 Å². The summed E-state index contributed by atoms with van der Waals surface area (Å²) >= 11 is 3.39. The van der Waals surface area contributed by atoms with Gasteiger partial charge in [0.15, 0.2) is 0 Å². The molecule has 0 saturated carbocycles. The van der Waals surface area contributed by atoms with Gasteiger partial charge in [0, 0.05) is 11.0 Å². The van der Waals surface area contributed by atoms with Gasteiger partial charge in [-0.15, -0.1) is 0 Å². The molecule has 2 nitrogen and oxygen atoms in total. The quantitative estimate of drug-likeness (QED) is 0.769. The maximum Gasteiger partial charge on any atom is 0.119 e. The average Bonchev–Trinajstić information content (AvgIpc) is 2.26. The molecule has 15 heavy (non-hydrogen) atoms. The molecule has 0 saturated heterocycles. The van der Waals surface area contributed by atoms with Crippen LogP contribution in [0.4, 0.5) is 0 Å². The van der Waals surface area contributed by atoms with Crippen LogP contribution in [0.1, 0.15) is 19.8 Å². The minimum Gasteiger partial charge on any atom is -0.492 e. The van der Waals surface area contributed by atoms with Gasteiger partial charge in [0.2, 0.25) is 0 Å². The average molecular weight is 272 g/mol. The Labute approximate surface area is 100 Å². The van der Waals surface area contributed by atoms with Gasteiger partial charge in [-0.1, -0.05) is 29.3 Å². The lowest BCUT2D eigenvalue weighted by Gasteiger charge is -2.07. The molecule has 0 aromatic heterocycles. The molecule has 0 radical (unpaired) electrons. The third-order valence-corrected chi connectivity index (χ3v) is 2.60. The van der Waals surface area contributed by atoms with Crippen LogP contribution in [-0.2, 0) is 0 Å². The first-order chi connectivity index (χ1) is 7.33. The summed E-state index contributed by atoms with van der Waals surface area (Å²) in [6.45, 7) is 4.92. The second-order valence-corrected chi connectivity index (χ2v) is 4.32. The molecule has 0 aliphatic heterocycles. The molecular weight excluding hydrogens is 254 g/mol. The highest BCUT2D eigenvalue weighted by Crippen LogP contribution is 2.15. The zero-order valence-electron chi connectivity index (χ0n) is 9.13. The fraction of sp³-hybridized carbons (Fsp3) is 0.500. The van der Waals surface area contributed by atoms with E-state index in [2.05, 4.69) is 28.2 Å². The SMILES string of the molecule is CCCCNCCOc1ccc(Br)cc1. The summed E-state index contributed by atoms with van der Waals surface area (Å²) in [5.74, 6) is 0.926. The Morgan fingerprint density at radius 3 is 2.60 bits per heavy atom. The molecule has 0 fully saturated rings.